The summed E-state index contributed by atoms with van der Waals surface area (Å²) in [7, 11) is 0. The van der Waals surface area contributed by atoms with E-state index in [1.54, 1.807) is 0 Å². The van der Waals surface area contributed by atoms with Crippen LogP contribution in [0.3, 0.4) is 0 Å². The van der Waals surface area contributed by atoms with Gasteiger partial charge in [-0.05, 0) is 41.4 Å². The van der Waals surface area contributed by atoms with E-state index in [2.05, 4.69) is 48.5 Å². The van der Waals surface area contributed by atoms with Crippen LogP contribution in [0.4, 0.5) is 0 Å². The van der Waals surface area contributed by atoms with Crippen LogP contribution >= 0.6 is 0 Å². The Morgan fingerprint density at radius 3 is 1.86 bits per heavy atom. The standard InChI is InChI=1S/C14H28/c1-11-10-14(7,12(2,3)4)9-8-13(11,5)6/h11H,8-10H2,1-7H3/t11-,14+/m1/s1. The minimum Gasteiger partial charge on any atom is -0.0620 e. The molecule has 0 N–H and O–H groups in total. The predicted octanol–water partition coefficient (Wildman–Crippen LogP) is 4.89. The number of hydrogen-bond donors (Lipinski definition) is 0. The van der Waals surface area contributed by atoms with Crippen molar-refractivity contribution < 1.29 is 0 Å². The van der Waals surface area contributed by atoms with Crippen LogP contribution in [0.2, 0.25) is 0 Å². The van der Waals surface area contributed by atoms with Crippen molar-refractivity contribution in [3.05, 3.63) is 0 Å². The molecule has 0 heteroatoms. The summed E-state index contributed by atoms with van der Waals surface area (Å²) in [5, 5.41) is 0. The molecule has 1 fully saturated rings. The van der Waals surface area contributed by atoms with Gasteiger partial charge in [-0.15, -0.1) is 0 Å². The molecule has 2 atom stereocenters. The fourth-order valence-corrected chi connectivity index (χ4v) is 2.58. The third-order valence-corrected chi connectivity index (χ3v) is 5.22. The van der Waals surface area contributed by atoms with Gasteiger partial charge in [0.25, 0.3) is 0 Å². The van der Waals surface area contributed by atoms with E-state index in [9.17, 15) is 0 Å². The van der Waals surface area contributed by atoms with E-state index in [0.29, 0.717) is 16.2 Å². The smallest absolute Gasteiger partial charge is 0.0274 e. The number of rotatable bonds is 0. The molecular formula is C14H28. The summed E-state index contributed by atoms with van der Waals surface area (Å²) in [4.78, 5) is 0. The predicted molar refractivity (Wildman–Crippen MR) is 64.4 cm³/mol. The Kier molecular flexibility index (Phi) is 2.80. The van der Waals surface area contributed by atoms with Crippen molar-refractivity contribution in [2.75, 3.05) is 0 Å². The van der Waals surface area contributed by atoms with E-state index in [4.69, 9.17) is 0 Å². The van der Waals surface area contributed by atoms with Crippen LogP contribution < -0.4 is 0 Å². The molecule has 1 aliphatic carbocycles. The maximum absolute atomic E-state index is 2.48. The molecule has 84 valence electrons. The molecule has 0 aromatic rings. The van der Waals surface area contributed by atoms with Crippen molar-refractivity contribution in [1.29, 1.82) is 0 Å². The fraction of sp³-hybridized carbons (Fsp3) is 1.00. The Morgan fingerprint density at radius 2 is 1.50 bits per heavy atom. The largest absolute Gasteiger partial charge is 0.0620 e. The summed E-state index contributed by atoms with van der Waals surface area (Å²) >= 11 is 0. The Hall–Kier alpha value is 0. The van der Waals surface area contributed by atoms with E-state index < -0.39 is 0 Å². The maximum Gasteiger partial charge on any atom is -0.0274 e. The SMILES string of the molecule is C[C@@H]1C[C@@](C)(C(C)(C)C)CCC1(C)C. The zero-order chi connectivity index (χ0) is 11.2. The van der Waals surface area contributed by atoms with Crippen molar-refractivity contribution in [3.63, 3.8) is 0 Å². The molecule has 1 aliphatic rings. The second-order valence-corrected chi connectivity index (χ2v) is 7.40. The minimum absolute atomic E-state index is 0.456. The quantitative estimate of drug-likeness (QED) is 0.518. The molecule has 0 radical (unpaired) electrons. The van der Waals surface area contributed by atoms with E-state index in [1.165, 1.54) is 19.3 Å². The second kappa shape index (κ2) is 3.25. The van der Waals surface area contributed by atoms with Gasteiger partial charge in [-0.3, -0.25) is 0 Å². The van der Waals surface area contributed by atoms with Crippen LogP contribution in [-0.2, 0) is 0 Å². The highest BCUT2D eigenvalue weighted by Crippen LogP contribution is 2.55. The Balaban J connectivity index is 2.81. The fourth-order valence-electron chi connectivity index (χ4n) is 2.58. The first-order valence-corrected chi connectivity index (χ1v) is 6.08. The van der Waals surface area contributed by atoms with Gasteiger partial charge in [-0.1, -0.05) is 48.5 Å². The molecular weight excluding hydrogens is 168 g/mol. The van der Waals surface area contributed by atoms with E-state index in [0.717, 1.165) is 5.92 Å². The zero-order valence-electron chi connectivity index (χ0n) is 11.2. The van der Waals surface area contributed by atoms with E-state index in [-0.39, 0.29) is 0 Å². The molecule has 1 rings (SSSR count). The van der Waals surface area contributed by atoms with Gasteiger partial charge in [-0.25, -0.2) is 0 Å². The summed E-state index contributed by atoms with van der Waals surface area (Å²) in [6, 6.07) is 0. The first-order chi connectivity index (χ1) is 6.08. The summed E-state index contributed by atoms with van der Waals surface area (Å²) in [6.07, 6.45) is 4.18. The van der Waals surface area contributed by atoms with Crippen LogP contribution in [0.5, 0.6) is 0 Å². The third-order valence-electron chi connectivity index (χ3n) is 5.22. The average molecular weight is 196 g/mol. The zero-order valence-corrected chi connectivity index (χ0v) is 11.2. The molecule has 0 aromatic heterocycles. The van der Waals surface area contributed by atoms with Crippen LogP contribution in [-0.4, -0.2) is 0 Å². The molecule has 0 aliphatic heterocycles. The van der Waals surface area contributed by atoms with Gasteiger partial charge in [-0.2, -0.15) is 0 Å². The maximum atomic E-state index is 2.48. The molecule has 0 aromatic carbocycles. The van der Waals surface area contributed by atoms with Gasteiger partial charge in [0.1, 0.15) is 0 Å². The third kappa shape index (κ3) is 1.99. The normalized spacial score (nSPS) is 38.4. The first kappa shape index (κ1) is 12.1. The monoisotopic (exact) mass is 196 g/mol. The van der Waals surface area contributed by atoms with Crippen molar-refractivity contribution in [3.8, 4) is 0 Å². The van der Waals surface area contributed by atoms with Crippen molar-refractivity contribution in [2.24, 2.45) is 22.2 Å². The lowest BCUT2D eigenvalue weighted by molar-refractivity contribution is -0.0192. The molecule has 0 amide bonds. The highest BCUT2D eigenvalue weighted by molar-refractivity contribution is 4.95. The van der Waals surface area contributed by atoms with Gasteiger partial charge < -0.3 is 0 Å². The van der Waals surface area contributed by atoms with E-state index >= 15 is 0 Å². The lowest BCUT2D eigenvalue weighted by atomic mass is 9.53. The lowest BCUT2D eigenvalue weighted by Crippen LogP contribution is -2.42. The molecule has 0 spiro atoms. The van der Waals surface area contributed by atoms with Crippen molar-refractivity contribution >= 4 is 0 Å². The van der Waals surface area contributed by atoms with Crippen LogP contribution in [0.25, 0.3) is 0 Å². The Morgan fingerprint density at radius 1 is 1.00 bits per heavy atom. The summed E-state index contributed by atoms with van der Waals surface area (Å²) in [5.74, 6) is 0.862. The molecule has 0 nitrogen and oxygen atoms in total. The molecule has 0 saturated heterocycles. The number of hydrogen-bond acceptors (Lipinski definition) is 0. The van der Waals surface area contributed by atoms with Gasteiger partial charge in [0, 0.05) is 0 Å². The van der Waals surface area contributed by atoms with Gasteiger partial charge in [0.15, 0.2) is 0 Å². The Bertz CT molecular complexity index is 207. The topological polar surface area (TPSA) is 0 Å². The van der Waals surface area contributed by atoms with Crippen molar-refractivity contribution in [2.45, 2.75) is 67.7 Å². The van der Waals surface area contributed by atoms with Gasteiger partial charge in [0.2, 0.25) is 0 Å². The molecule has 0 unspecified atom stereocenters. The average Bonchev–Trinajstić information content (AvgIpc) is 1.96. The Labute approximate surface area is 90.5 Å². The lowest BCUT2D eigenvalue weighted by Gasteiger charge is -2.52. The highest BCUT2D eigenvalue weighted by atomic mass is 14.5. The van der Waals surface area contributed by atoms with Gasteiger partial charge >= 0.3 is 0 Å². The van der Waals surface area contributed by atoms with Crippen molar-refractivity contribution in [1.82, 2.24) is 0 Å². The van der Waals surface area contributed by atoms with E-state index in [1.807, 2.05) is 0 Å². The minimum atomic E-state index is 0.456. The van der Waals surface area contributed by atoms with Gasteiger partial charge in [0.05, 0.1) is 0 Å². The molecule has 0 heterocycles. The summed E-state index contributed by atoms with van der Waals surface area (Å²) in [6.45, 7) is 17.0. The van der Waals surface area contributed by atoms with Crippen LogP contribution in [0.15, 0.2) is 0 Å². The molecule has 14 heavy (non-hydrogen) atoms. The summed E-state index contributed by atoms with van der Waals surface area (Å²) in [5.41, 5.74) is 1.56. The second-order valence-electron chi connectivity index (χ2n) is 7.40. The van der Waals surface area contributed by atoms with Crippen LogP contribution in [0, 0.1) is 22.2 Å². The highest BCUT2D eigenvalue weighted by Gasteiger charge is 2.45. The molecule has 0 bridgehead atoms. The molecule has 1 saturated carbocycles. The summed E-state index contributed by atoms with van der Waals surface area (Å²) < 4.78 is 0. The first-order valence-electron chi connectivity index (χ1n) is 6.08. The van der Waals surface area contributed by atoms with Crippen LogP contribution in [0.1, 0.15) is 67.7 Å².